The first-order valence-corrected chi connectivity index (χ1v) is 5.35. The number of carbonyl (C=O) groups is 1. The lowest BCUT2D eigenvalue weighted by atomic mass is 9.99. The van der Waals surface area contributed by atoms with Crippen LogP contribution in [0.5, 0.6) is 0 Å². The van der Waals surface area contributed by atoms with Gasteiger partial charge >= 0.3 is 5.97 Å². The molecule has 17 heavy (non-hydrogen) atoms. The van der Waals surface area contributed by atoms with Crippen molar-refractivity contribution in [2.24, 2.45) is 0 Å². The molecule has 0 aliphatic rings. The first-order valence-electron chi connectivity index (χ1n) is 5.35. The van der Waals surface area contributed by atoms with Gasteiger partial charge in [0.1, 0.15) is 0 Å². The fraction of sp³-hybridized carbons (Fsp3) is 0.231. The Kier molecular flexibility index (Phi) is 2.71. The largest absolute Gasteiger partial charge is 0.475 e. The summed E-state index contributed by atoms with van der Waals surface area (Å²) in [5, 5.41) is 8.82. The lowest BCUT2D eigenvalue weighted by molar-refractivity contribution is 0.0685. The Bertz CT molecular complexity index is 585. The van der Waals surface area contributed by atoms with E-state index in [0.717, 1.165) is 16.8 Å². The molecule has 0 unspecified atom stereocenters. The highest BCUT2D eigenvalue weighted by Gasteiger charge is 2.11. The Morgan fingerprint density at radius 2 is 1.82 bits per heavy atom. The molecule has 0 spiro atoms. The summed E-state index contributed by atoms with van der Waals surface area (Å²) in [5.41, 5.74) is 5.24. The number of aromatic amines is 1. The minimum atomic E-state index is -1.04. The third-order valence-corrected chi connectivity index (χ3v) is 2.91. The number of carboxylic acid groups (broad SMARTS) is 1. The fourth-order valence-corrected chi connectivity index (χ4v) is 1.82. The molecule has 0 saturated carbocycles. The molecule has 0 fully saturated rings. The van der Waals surface area contributed by atoms with E-state index in [4.69, 9.17) is 5.11 Å². The van der Waals surface area contributed by atoms with Gasteiger partial charge in [0.15, 0.2) is 0 Å². The van der Waals surface area contributed by atoms with Gasteiger partial charge in [-0.2, -0.15) is 0 Å². The van der Waals surface area contributed by atoms with E-state index in [1.165, 1.54) is 11.1 Å². The molecule has 1 aromatic carbocycles. The van der Waals surface area contributed by atoms with Crippen LogP contribution in [0.3, 0.4) is 0 Å². The lowest BCUT2D eigenvalue weighted by Crippen LogP contribution is -1.98. The zero-order valence-electron chi connectivity index (χ0n) is 10.0. The lowest BCUT2D eigenvalue weighted by Gasteiger charge is -2.07. The van der Waals surface area contributed by atoms with Gasteiger partial charge < -0.3 is 10.1 Å². The number of benzene rings is 1. The Morgan fingerprint density at radius 1 is 1.18 bits per heavy atom. The molecular weight excluding hydrogens is 216 g/mol. The van der Waals surface area contributed by atoms with Crippen LogP contribution in [0.4, 0.5) is 0 Å². The van der Waals surface area contributed by atoms with Crippen LogP contribution in [-0.4, -0.2) is 21.0 Å². The first kappa shape index (κ1) is 11.4. The number of hydrogen-bond donors (Lipinski definition) is 2. The number of aryl methyl sites for hydroxylation is 3. The highest BCUT2D eigenvalue weighted by atomic mass is 16.4. The third kappa shape index (κ3) is 2.06. The molecule has 1 heterocycles. The summed E-state index contributed by atoms with van der Waals surface area (Å²) in [5.74, 6) is -1.07. The Balaban J connectivity index is 2.52. The van der Waals surface area contributed by atoms with E-state index in [1.54, 1.807) is 6.20 Å². The Hall–Kier alpha value is -2.10. The second-order valence-electron chi connectivity index (χ2n) is 4.20. The van der Waals surface area contributed by atoms with Crippen molar-refractivity contribution in [3.63, 3.8) is 0 Å². The van der Waals surface area contributed by atoms with Crippen LogP contribution in [0.25, 0.3) is 11.3 Å². The maximum atomic E-state index is 10.8. The average molecular weight is 230 g/mol. The summed E-state index contributed by atoms with van der Waals surface area (Å²) < 4.78 is 0. The minimum absolute atomic E-state index is 0.0300. The van der Waals surface area contributed by atoms with Crippen LogP contribution in [0.2, 0.25) is 0 Å². The zero-order valence-corrected chi connectivity index (χ0v) is 10.0. The van der Waals surface area contributed by atoms with E-state index in [9.17, 15) is 4.79 Å². The van der Waals surface area contributed by atoms with Crippen LogP contribution >= 0.6 is 0 Å². The summed E-state index contributed by atoms with van der Waals surface area (Å²) in [7, 11) is 0. The van der Waals surface area contributed by atoms with E-state index >= 15 is 0 Å². The molecule has 4 nitrogen and oxygen atoms in total. The van der Waals surface area contributed by atoms with E-state index in [-0.39, 0.29) is 5.82 Å². The molecule has 0 amide bonds. The number of hydrogen-bond acceptors (Lipinski definition) is 2. The van der Waals surface area contributed by atoms with Gasteiger partial charge in [0.25, 0.3) is 0 Å². The van der Waals surface area contributed by atoms with Crippen molar-refractivity contribution >= 4 is 5.97 Å². The first-order chi connectivity index (χ1) is 7.99. The topological polar surface area (TPSA) is 66.0 Å². The molecule has 0 radical (unpaired) electrons. The molecule has 0 atom stereocenters. The SMILES string of the molecule is Cc1cc(C)c(-c2cnc(C(=O)O)[nH]2)cc1C. The van der Waals surface area contributed by atoms with Crippen molar-refractivity contribution in [1.82, 2.24) is 9.97 Å². The van der Waals surface area contributed by atoms with E-state index in [2.05, 4.69) is 23.0 Å². The van der Waals surface area contributed by atoms with Gasteiger partial charge in [-0.05, 0) is 43.5 Å². The molecule has 88 valence electrons. The maximum Gasteiger partial charge on any atom is 0.371 e. The van der Waals surface area contributed by atoms with Crippen molar-refractivity contribution in [1.29, 1.82) is 0 Å². The molecule has 2 N–H and O–H groups in total. The van der Waals surface area contributed by atoms with E-state index in [1.807, 2.05) is 19.9 Å². The quantitative estimate of drug-likeness (QED) is 0.833. The minimum Gasteiger partial charge on any atom is -0.475 e. The fourth-order valence-electron chi connectivity index (χ4n) is 1.82. The van der Waals surface area contributed by atoms with Gasteiger partial charge in [0.2, 0.25) is 5.82 Å². The van der Waals surface area contributed by atoms with E-state index in [0.29, 0.717) is 0 Å². The van der Waals surface area contributed by atoms with Crippen LogP contribution in [0, 0.1) is 20.8 Å². The molecule has 0 saturated heterocycles. The number of aromatic nitrogens is 2. The zero-order chi connectivity index (χ0) is 12.6. The monoisotopic (exact) mass is 230 g/mol. The van der Waals surface area contributed by atoms with Crippen molar-refractivity contribution in [3.05, 3.63) is 40.8 Å². The number of nitrogens with zero attached hydrogens (tertiary/aromatic N) is 1. The summed E-state index contributed by atoms with van der Waals surface area (Å²) in [6.45, 7) is 6.09. The van der Waals surface area contributed by atoms with Gasteiger partial charge in [-0.1, -0.05) is 6.07 Å². The summed E-state index contributed by atoms with van der Waals surface area (Å²) in [4.78, 5) is 17.4. The van der Waals surface area contributed by atoms with Gasteiger partial charge in [-0.3, -0.25) is 0 Å². The van der Waals surface area contributed by atoms with Crippen molar-refractivity contribution in [2.45, 2.75) is 20.8 Å². The van der Waals surface area contributed by atoms with Crippen LogP contribution in [-0.2, 0) is 0 Å². The standard InChI is InChI=1S/C13H14N2O2/c1-7-4-9(3)10(5-8(7)2)11-6-14-12(15-11)13(16)17/h4-6H,1-3H3,(H,14,15)(H,16,17). The summed E-state index contributed by atoms with van der Waals surface area (Å²) >= 11 is 0. The molecule has 2 rings (SSSR count). The number of aromatic carboxylic acids is 1. The molecule has 0 aliphatic carbocycles. The normalized spacial score (nSPS) is 10.5. The van der Waals surface area contributed by atoms with Gasteiger partial charge in [-0.15, -0.1) is 0 Å². The number of carboxylic acids is 1. The number of rotatable bonds is 2. The molecule has 2 aromatic rings. The molecule has 0 aliphatic heterocycles. The smallest absolute Gasteiger partial charge is 0.371 e. The predicted octanol–water partition coefficient (Wildman–Crippen LogP) is 2.70. The van der Waals surface area contributed by atoms with Crippen LogP contribution in [0.1, 0.15) is 27.3 Å². The van der Waals surface area contributed by atoms with Crippen molar-refractivity contribution < 1.29 is 9.90 Å². The number of H-pyrrole nitrogens is 1. The second kappa shape index (κ2) is 4.05. The van der Waals surface area contributed by atoms with Crippen LogP contribution < -0.4 is 0 Å². The Morgan fingerprint density at radius 3 is 2.41 bits per heavy atom. The summed E-state index contributed by atoms with van der Waals surface area (Å²) in [6.07, 6.45) is 1.56. The molecule has 4 heteroatoms. The summed E-state index contributed by atoms with van der Waals surface area (Å²) in [6, 6.07) is 4.13. The molecule has 1 aromatic heterocycles. The van der Waals surface area contributed by atoms with Gasteiger partial charge in [0, 0.05) is 5.56 Å². The maximum absolute atomic E-state index is 10.8. The molecular formula is C13H14N2O2. The van der Waals surface area contributed by atoms with Crippen molar-refractivity contribution in [3.8, 4) is 11.3 Å². The van der Waals surface area contributed by atoms with Crippen LogP contribution in [0.15, 0.2) is 18.3 Å². The number of imidazole rings is 1. The third-order valence-electron chi connectivity index (χ3n) is 2.91. The molecule has 0 bridgehead atoms. The average Bonchev–Trinajstić information content (AvgIpc) is 2.72. The number of nitrogens with one attached hydrogen (secondary N) is 1. The highest BCUT2D eigenvalue weighted by Crippen LogP contribution is 2.24. The highest BCUT2D eigenvalue weighted by molar-refractivity contribution is 5.84. The van der Waals surface area contributed by atoms with Gasteiger partial charge in [-0.25, -0.2) is 9.78 Å². The predicted molar refractivity (Wildman–Crippen MR) is 65.2 cm³/mol. The van der Waals surface area contributed by atoms with Crippen molar-refractivity contribution in [2.75, 3.05) is 0 Å². The van der Waals surface area contributed by atoms with Gasteiger partial charge in [0.05, 0.1) is 11.9 Å². The second-order valence-corrected chi connectivity index (χ2v) is 4.20. The van der Waals surface area contributed by atoms with E-state index < -0.39 is 5.97 Å². The Labute approximate surface area is 99.3 Å².